The van der Waals surface area contributed by atoms with Crippen molar-refractivity contribution in [2.45, 2.75) is 13.0 Å². The van der Waals surface area contributed by atoms with Crippen LogP contribution in [0.1, 0.15) is 17.6 Å². The first-order valence-corrected chi connectivity index (χ1v) is 4.47. The number of aliphatic hydroxyl groups excluding tert-OH is 1. The van der Waals surface area contributed by atoms with Crippen molar-refractivity contribution in [3.8, 4) is 0 Å². The van der Waals surface area contributed by atoms with E-state index in [1.54, 1.807) is 22.6 Å². The summed E-state index contributed by atoms with van der Waals surface area (Å²) in [6, 6.07) is 0. The summed E-state index contributed by atoms with van der Waals surface area (Å²) < 4.78 is 25.1. The summed E-state index contributed by atoms with van der Waals surface area (Å²) in [5, 5.41) is 8.77. The first-order chi connectivity index (χ1) is 6.07. The Bertz CT molecular complexity index is 320. The van der Waals surface area contributed by atoms with Crippen LogP contribution in [0.2, 0.25) is 0 Å². The molecule has 0 amide bonds. The molecular formula is C7H7F2IN2O. The quantitative estimate of drug-likeness (QED) is 0.817. The van der Waals surface area contributed by atoms with E-state index in [1.165, 1.54) is 6.20 Å². The first-order valence-electron chi connectivity index (χ1n) is 3.39. The normalized spacial score (nSPS) is 10.8. The summed E-state index contributed by atoms with van der Waals surface area (Å²) >= 11 is 1.69. The molecular weight excluding hydrogens is 293 g/mol. The van der Waals surface area contributed by atoms with Gasteiger partial charge in [-0.1, -0.05) is 0 Å². The lowest BCUT2D eigenvalue weighted by molar-refractivity contribution is 0.146. The molecule has 72 valence electrons. The number of nitrogen functional groups attached to an aromatic ring is 1. The van der Waals surface area contributed by atoms with E-state index in [1.807, 2.05) is 0 Å². The standard InChI is InChI=1S/C7H7F2IN2O/c8-6(9)4-3(2-13)1-12-7(11)5(4)10/h1,6,13H,2H2,(H2,11,12). The predicted octanol–water partition coefficient (Wildman–Crippen LogP) is 1.70. The molecule has 13 heavy (non-hydrogen) atoms. The number of hydrogen-bond donors (Lipinski definition) is 2. The molecule has 0 fully saturated rings. The highest BCUT2D eigenvalue weighted by molar-refractivity contribution is 14.1. The summed E-state index contributed by atoms with van der Waals surface area (Å²) in [5.41, 5.74) is 5.24. The van der Waals surface area contributed by atoms with Gasteiger partial charge in [-0.3, -0.25) is 0 Å². The molecule has 0 aliphatic carbocycles. The van der Waals surface area contributed by atoms with Crippen molar-refractivity contribution in [3.05, 3.63) is 20.9 Å². The van der Waals surface area contributed by atoms with E-state index in [9.17, 15) is 8.78 Å². The van der Waals surface area contributed by atoms with Crippen LogP contribution in [-0.2, 0) is 6.61 Å². The van der Waals surface area contributed by atoms with Gasteiger partial charge in [-0.05, 0) is 22.6 Å². The zero-order chi connectivity index (χ0) is 10.0. The van der Waals surface area contributed by atoms with Gasteiger partial charge < -0.3 is 10.8 Å². The van der Waals surface area contributed by atoms with Crippen LogP contribution in [0.4, 0.5) is 14.6 Å². The maximum atomic E-state index is 12.5. The number of halogens is 3. The number of alkyl halides is 2. The summed E-state index contributed by atoms with van der Waals surface area (Å²) in [5.74, 6) is 0.0631. The largest absolute Gasteiger partial charge is 0.392 e. The molecule has 1 aromatic rings. The van der Waals surface area contributed by atoms with Gasteiger partial charge in [-0.15, -0.1) is 0 Å². The molecule has 6 heteroatoms. The molecule has 0 unspecified atom stereocenters. The number of rotatable bonds is 2. The van der Waals surface area contributed by atoms with Crippen molar-refractivity contribution in [1.82, 2.24) is 4.98 Å². The van der Waals surface area contributed by atoms with E-state index in [0.717, 1.165) is 0 Å². The molecule has 0 aliphatic rings. The van der Waals surface area contributed by atoms with Crippen molar-refractivity contribution < 1.29 is 13.9 Å². The van der Waals surface area contributed by atoms with E-state index in [-0.39, 0.29) is 20.5 Å². The van der Waals surface area contributed by atoms with Crippen molar-refractivity contribution in [2.24, 2.45) is 0 Å². The molecule has 1 aromatic heterocycles. The Hall–Kier alpha value is -0.500. The van der Waals surface area contributed by atoms with E-state index < -0.39 is 13.0 Å². The number of nitrogens with two attached hydrogens (primary N) is 1. The number of aromatic nitrogens is 1. The third kappa shape index (κ3) is 2.05. The van der Waals surface area contributed by atoms with Gasteiger partial charge in [0.25, 0.3) is 6.43 Å². The van der Waals surface area contributed by atoms with Crippen LogP contribution in [-0.4, -0.2) is 10.1 Å². The Labute approximate surface area is 87.1 Å². The van der Waals surface area contributed by atoms with E-state index >= 15 is 0 Å². The molecule has 3 N–H and O–H groups in total. The van der Waals surface area contributed by atoms with Crippen LogP contribution >= 0.6 is 22.6 Å². The van der Waals surface area contributed by atoms with Crippen LogP contribution in [0.3, 0.4) is 0 Å². The molecule has 0 bridgehead atoms. The Kier molecular flexibility index (Phi) is 3.37. The summed E-state index contributed by atoms with van der Waals surface area (Å²) in [4.78, 5) is 3.67. The minimum atomic E-state index is -2.64. The Morgan fingerprint density at radius 1 is 1.62 bits per heavy atom. The highest BCUT2D eigenvalue weighted by Gasteiger charge is 2.18. The van der Waals surface area contributed by atoms with Gasteiger partial charge in [0.15, 0.2) is 0 Å². The van der Waals surface area contributed by atoms with Crippen LogP contribution in [0.5, 0.6) is 0 Å². The number of aliphatic hydroxyl groups is 1. The number of anilines is 1. The molecule has 0 saturated heterocycles. The van der Waals surface area contributed by atoms with Crippen LogP contribution < -0.4 is 5.73 Å². The van der Waals surface area contributed by atoms with Crippen LogP contribution in [0.25, 0.3) is 0 Å². The fraction of sp³-hybridized carbons (Fsp3) is 0.286. The zero-order valence-electron chi connectivity index (χ0n) is 6.47. The van der Waals surface area contributed by atoms with E-state index in [2.05, 4.69) is 4.98 Å². The van der Waals surface area contributed by atoms with Crippen molar-refractivity contribution in [2.75, 3.05) is 5.73 Å². The molecule has 0 atom stereocenters. The van der Waals surface area contributed by atoms with Crippen molar-refractivity contribution >= 4 is 28.4 Å². The number of pyridine rings is 1. The van der Waals surface area contributed by atoms with E-state index in [4.69, 9.17) is 10.8 Å². The lowest BCUT2D eigenvalue weighted by Crippen LogP contribution is -2.04. The minimum Gasteiger partial charge on any atom is -0.392 e. The lowest BCUT2D eigenvalue weighted by atomic mass is 10.1. The monoisotopic (exact) mass is 300 g/mol. The van der Waals surface area contributed by atoms with Gasteiger partial charge in [0.05, 0.1) is 10.2 Å². The predicted molar refractivity (Wildman–Crippen MR) is 52.2 cm³/mol. The molecule has 0 spiro atoms. The molecule has 0 radical (unpaired) electrons. The summed E-state index contributed by atoms with van der Waals surface area (Å²) in [6.07, 6.45) is -1.47. The smallest absolute Gasteiger partial charge is 0.265 e. The minimum absolute atomic E-state index is 0.0631. The Morgan fingerprint density at radius 3 is 2.69 bits per heavy atom. The van der Waals surface area contributed by atoms with Gasteiger partial charge in [0, 0.05) is 17.3 Å². The molecule has 1 rings (SSSR count). The summed E-state index contributed by atoms with van der Waals surface area (Å²) in [6.45, 7) is -0.455. The molecule has 0 aromatic carbocycles. The average Bonchev–Trinajstić information content (AvgIpc) is 2.08. The molecule has 0 saturated carbocycles. The van der Waals surface area contributed by atoms with Crippen LogP contribution in [0, 0.1) is 3.57 Å². The Balaban J connectivity index is 3.32. The third-order valence-corrected chi connectivity index (χ3v) is 2.69. The zero-order valence-corrected chi connectivity index (χ0v) is 8.62. The molecule has 0 aliphatic heterocycles. The SMILES string of the molecule is Nc1ncc(CO)c(C(F)F)c1I. The number of hydrogen-bond acceptors (Lipinski definition) is 3. The van der Waals surface area contributed by atoms with Gasteiger partial charge in [0.1, 0.15) is 5.82 Å². The maximum Gasteiger partial charge on any atom is 0.265 e. The van der Waals surface area contributed by atoms with Gasteiger partial charge >= 0.3 is 0 Å². The Morgan fingerprint density at radius 2 is 2.23 bits per heavy atom. The molecule has 3 nitrogen and oxygen atoms in total. The van der Waals surface area contributed by atoms with Gasteiger partial charge in [-0.2, -0.15) is 0 Å². The lowest BCUT2D eigenvalue weighted by Gasteiger charge is -2.09. The number of nitrogens with zero attached hydrogens (tertiary/aromatic N) is 1. The highest BCUT2D eigenvalue weighted by Crippen LogP contribution is 2.30. The second-order valence-corrected chi connectivity index (χ2v) is 3.43. The van der Waals surface area contributed by atoms with Crippen molar-refractivity contribution in [1.29, 1.82) is 0 Å². The fourth-order valence-electron chi connectivity index (χ4n) is 0.915. The van der Waals surface area contributed by atoms with Crippen molar-refractivity contribution in [3.63, 3.8) is 0 Å². The third-order valence-electron chi connectivity index (χ3n) is 1.56. The highest BCUT2D eigenvalue weighted by atomic mass is 127. The van der Waals surface area contributed by atoms with E-state index in [0.29, 0.717) is 0 Å². The van der Waals surface area contributed by atoms with Gasteiger partial charge in [0.2, 0.25) is 0 Å². The fourth-order valence-corrected chi connectivity index (χ4v) is 1.64. The average molecular weight is 300 g/mol. The second-order valence-electron chi connectivity index (χ2n) is 2.36. The first kappa shape index (κ1) is 10.6. The van der Waals surface area contributed by atoms with Crippen LogP contribution in [0.15, 0.2) is 6.20 Å². The maximum absolute atomic E-state index is 12.5. The second kappa shape index (κ2) is 4.14. The molecule has 1 heterocycles. The topological polar surface area (TPSA) is 59.1 Å². The van der Waals surface area contributed by atoms with Gasteiger partial charge in [-0.25, -0.2) is 13.8 Å². The summed E-state index contributed by atoms with van der Waals surface area (Å²) in [7, 11) is 0.